The van der Waals surface area contributed by atoms with Gasteiger partial charge in [-0.2, -0.15) is 0 Å². The Balaban J connectivity index is 3.44. The maximum Gasteiger partial charge on any atom is 0.220 e. The molecule has 0 aromatic rings. The Bertz CT molecular complexity index is 840. The Morgan fingerprint density at radius 2 is 0.707 bits per heavy atom. The second-order valence-electron chi connectivity index (χ2n) is 18.3. The number of hydrogen-bond acceptors (Lipinski definition) is 3. The van der Waals surface area contributed by atoms with Gasteiger partial charge < -0.3 is 15.5 Å². The van der Waals surface area contributed by atoms with Gasteiger partial charge in [-0.1, -0.05) is 269 Å². The molecule has 0 aliphatic carbocycles. The van der Waals surface area contributed by atoms with Crippen molar-refractivity contribution >= 4 is 5.91 Å². The number of carbonyl (C=O) groups is 1. The molecule has 2 unspecified atom stereocenters. The lowest BCUT2D eigenvalue weighted by atomic mass is 10.0. The molecule has 0 aromatic heterocycles. The summed E-state index contributed by atoms with van der Waals surface area (Å²) in [5, 5.41) is 23.3. The first-order chi connectivity index (χ1) is 28.7. The van der Waals surface area contributed by atoms with E-state index < -0.39 is 12.1 Å². The van der Waals surface area contributed by atoms with Gasteiger partial charge in [0, 0.05) is 6.42 Å². The van der Waals surface area contributed by atoms with Gasteiger partial charge in [0.25, 0.3) is 0 Å². The highest BCUT2D eigenvalue weighted by Crippen LogP contribution is 2.17. The third-order valence-corrected chi connectivity index (χ3v) is 12.5. The Hall–Kier alpha value is -1.13. The fraction of sp³-hybridized carbons (Fsp3) is 0.907. The molecular weight excluding hydrogens is 711 g/mol. The van der Waals surface area contributed by atoms with E-state index in [2.05, 4.69) is 43.5 Å². The molecule has 0 aliphatic rings. The zero-order chi connectivity index (χ0) is 42.1. The molecule has 0 aromatic carbocycles. The van der Waals surface area contributed by atoms with Crippen molar-refractivity contribution in [2.24, 2.45) is 0 Å². The van der Waals surface area contributed by atoms with Crippen LogP contribution >= 0.6 is 0 Å². The Morgan fingerprint density at radius 3 is 1.05 bits per heavy atom. The SMILES string of the molecule is CCCCCC/C=C\C/C=C\CCCCCCCCCC(=O)NC(CO)C(O)CCCCCCCCCCCCCCCCCCCCCCCCCCCCCC. The molecule has 2 atom stereocenters. The van der Waals surface area contributed by atoms with Gasteiger partial charge >= 0.3 is 0 Å². The summed E-state index contributed by atoms with van der Waals surface area (Å²) in [5.74, 6) is -0.0355. The highest BCUT2D eigenvalue weighted by atomic mass is 16.3. The van der Waals surface area contributed by atoms with Crippen molar-refractivity contribution in [3.05, 3.63) is 24.3 Å². The van der Waals surface area contributed by atoms with Gasteiger partial charge in [-0.3, -0.25) is 4.79 Å². The molecule has 58 heavy (non-hydrogen) atoms. The monoisotopic (exact) mass is 816 g/mol. The van der Waals surface area contributed by atoms with Gasteiger partial charge in [0.05, 0.1) is 18.8 Å². The summed E-state index contributed by atoms with van der Waals surface area (Å²) in [4.78, 5) is 12.4. The summed E-state index contributed by atoms with van der Waals surface area (Å²) in [6.07, 6.45) is 65.8. The molecular formula is C54H105NO3. The van der Waals surface area contributed by atoms with Crippen LogP contribution in [0, 0.1) is 0 Å². The average Bonchev–Trinajstić information content (AvgIpc) is 3.23. The number of carbonyl (C=O) groups excluding carboxylic acids is 1. The van der Waals surface area contributed by atoms with Crippen molar-refractivity contribution in [2.45, 2.75) is 309 Å². The number of rotatable bonds is 49. The minimum absolute atomic E-state index is 0.0355. The summed E-state index contributed by atoms with van der Waals surface area (Å²) in [7, 11) is 0. The van der Waals surface area contributed by atoms with Crippen molar-refractivity contribution in [1.82, 2.24) is 5.32 Å². The molecule has 0 spiro atoms. The molecule has 344 valence electrons. The molecule has 4 heteroatoms. The van der Waals surface area contributed by atoms with Crippen LogP contribution in [0.5, 0.6) is 0 Å². The molecule has 1 amide bonds. The maximum atomic E-state index is 12.4. The van der Waals surface area contributed by atoms with Crippen molar-refractivity contribution < 1.29 is 15.0 Å². The normalized spacial score (nSPS) is 13.0. The molecule has 0 saturated heterocycles. The molecule has 0 aliphatic heterocycles. The van der Waals surface area contributed by atoms with E-state index in [0.717, 1.165) is 32.1 Å². The number of aliphatic hydroxyl groups excluding tert-OH is 2. The summed E-state index contributed by atoms with van der Waals surface area (Å²) in [6.45, 7) is 4.37. The Labute approximate surface area is 364 Å². The molecule has 0 radical (unpaired) electrons. The van der Waals surface area contributed by atoms with Crippen LogP contribution in [0.1, 0.15) is 296 Å². The average molecular weight is 816 g/mol. The maximum absolute atomic E-state index is 12.4. The summed E-state index contributed by atoms with van der Waals surface area (Å²) < 4.78 is 0. The van der Waals surface area contributed by atoms with E-state index in [4.69, 9.17) is 0 Å². The number of aliphatic hydroxyl groups is 2. The lowest BCUT2D eigenvalue weighted by Gasteiger charge is -2.22. The van der Waals surface area contributed by atoms with Crippen molar-refractivity contribution in [3.63, 3.8) is 0 Å². The predicted octanol–water partition coefficient (Wildman–Crippen LogP) is 17.1. The van der Waals surface area contributed by atoms with Crippen LogP contribution in [0.2, 0.25) is 0 Å². The number of allylic oxidation sites excluding steroid dienone is 4. The van der Waals surface area contributed by atoms with Gasteiger partial charge in [0.2, 0.25) is 5.91 Å². The zero-order valence-corrected chi connectivity index (χ0v) is 39.6. The van der Waals surface area contributed by atoms with Crippen LogP contribution in [0.4, 0.5) is 0 Å². The topological polar surface area (TPSA) is 69.6 Å². The van der Waals surface area contributed by atoms with Crippen molar-refractivity contribution in [1.29, 1.82) is 0 Å². The highest BCUT2D eigenvalue weighted by molar-refractivity contribution is 5.76. The molecule has 0 bridgehead atoms. The van der Waals surface area contributed by atoms with Crippen molar-refractivity contribution in [3.8, 4) is 0 Å². The minimum Gasteiger partial charge on any atom is -0.394 e. The Kier molecular flexibility index (Phi) is 49.2. The van der Waals surface area contributed by atoms with Crippen LogP contribution in [0.15, 0.2) is 24.3 Å². The lowest BCUT2D eigenvalue weighted by Crippen LogP contribution is -2.45. The Morgan fingerprint density at radius 1 is 0.414 bits per heavy atom. The first-order valence-corrected chi connectivity index (χ1v) is 26.5. The standard InChI is InChI=1S/C54H105NO3/c1-3-5-7-9-11-13-15-17-19-21-23-24-25-26-27-28-29-30-31-32-33-35-37-39-41-43-45-47-49-53(57)52(51-56)55-54(58)50-48-46-44-42-40-38-36-34-22-20-18-16-14-12-10-8-6-4-2/h14,16,20,22,52-53,56-57H,3-13,15,17-19,21,23-51H2,1-2H3,(H,55,58)/b16-14-,22-20-. The smallest absolute Gasteiger partial charge is 0.220 e. The second kappa shape index (κ2) is 50.2. The van der Waals surface area contributed by atoms with Gasteiger partial charge in [-0.15, -0.1) is 0 Å². The largest absolute Gasteiger partial charge is 0.394 e. The molecule has 0 rings (SSSR count). The zero-order valence-electron chi connectivity index (χ0n) is 39.6. The molecule has 0 saturated carbocycles. The number of unbranched alkanes of at least 4 members (excludes halogenated alkanes) is 38. The lowest BCUT2D eigenvalue weighted by molar-refractivity contribution is -0.123. The minimum atomic E-state index is -0.662. The van der Waals surface area contributed by atoms with E-state index >= 15 is 0 Å². The van der Waals surface area contributed by atoms with Crippen molar-refractivity contribution in [2.75, 3.05) is 6.61 Å². The van der Waals surface area contributed by atoms with E-state index in [0.29, 0.717) is 12.8 Å². The molecule has 0 fully saturated rings. The second-order valence-corrected chi connectivity index (χ2v) is 18.3. The number of hydrogen-bond donors (Lipinski definition) is 3. The highest BCUT2D eigenvalue weighted by Gasteiger charge is 2.20. The fourth-order valence-corrected chi connectivity index (χ4v) is 8.39. The first-order valence-electron chi connectivity index (χ1n) is 26.5. The van der Waals surface area contributed by atoms with E-state index in [1.54, 1.807) is 0 Å². The van der Waals surface area contributed by atoms with Gasteiger partial charge in [0.15, 0.2) is 0 Å². The summed E-state index contributed by atoms with van der Waals surface area (Å²) >= 11 is 0. The van der Waals surface area contributed by atoms with E-state index in [9.17, 15) is 15.0 Å². The van der Waals surface area contributed by atoms with Crippen LogP contribution < -0.4 is 5.32 Å². The van der Waals surface area contributed by atoms with Gasteiger partial charge in [-0.05, 0) is 44.9 Å². The van der Waals surface area contributed by atoms with Crippen LogP contribution in [-0.4, -0.2) is 34.9 Å². The summed E-state index contributed by atoms with van der Waals surface area (Å²) in [5.41, 5.74) is 0. The number of amides is 1. The fourth-order valence-electron chi connectivity index (χ4n) is 8.39. The van der Waals surface area contributed by atoms with Crippen LogP contribution in [0.25, 0.3) is 0 Å². The van der Waals surface area contributed by atoms with E-state index in [1.165, 1.54) is 238 Å². The first kappa shape index (κ1) is 56.9. The van der Waals surface area contributed by atoms with Gasteiger partial charge in [-0.25, -0.2) is 0 Å². The molecule has 3 N–H and O–H groups in total. The molecule has 0 heterocycles. The van der Waals surface area contributed by atoms with E-state index in [1.807, 2.05) is 0 Å². The van der Waals surface area contributed by atoms with E-state index in [-0.39, 0.29) is 12.5 Å². The van der Waals surface area contributed by atoms with Crippen LogP contribution in [0.3, 0.4) is 0 Å². The number of nitrogens with one attached hydrogen (secondary N) is 1. The third kappa shape index (κ3) is 45.9. The molecule has 4 nitrogen and oxygen atoms in total. The third-order valence-electron chi connectivity index (χ3n) is 12.5. The van der Waals surface area contributed by atoms with Gasteiger partial charge in [0.1, 0.15) is 0 Å². The summed E-state index contributed by atoms with van der Waals surface area (Å²) in [6, 6.07) is -0.540. The quantitative estimate of drug-likeness (QED) is 0.0423. The predicted molar refractivity (Wildman–Crippen MR) is 258 cm³/mol. The van der Waals surface area contributed by atoms with Crippen LogP contribution in [-0.2, 0) is 4.79 Å².